The number of likely N-dealkylation sites (tertiary alicyclic amines) is 1. The van der Waals surface area contributed by atoms with Crippen LogP contribution >= 0.6 is 0 Å². The van der Waals surface area contributed by atoms with Crippen LogP contribution in [0.25, 0.3) is 0 Å². The average Bonchev–Trinajstić information content (AvgIpc) is 2.85. The third-order valence-corrected chi connectivity index (χ3v) is 3.28. The second-order valence-corrected chi connectivity index (χ2v) is 4.64. The zero-order chi connectivity index (χ0) is 13.0. The predicted octanol–water partition coefficient (Wildman–Crippen LogP) is 0.211. The molecule has 1 saturated heterocycles. The molecular weight excluding hydrogens is 230 g/mol. The molecule has 1 aliphatic rings. The van der Waals surface area contributed by atoms with Crippen molar-refractivity contribution in [2.24, 2.45) is 7.05 Å². The summed E-state index contributed by atoms with van der Waals surface area (Å²) in [7, 11) is 1.64. The summed E-state index contributed by atoms with van der Waals surface area (Å²) in [5.41, 5.74) is -0.0439. The molecule has 1 aromatic rings. The molecule has 0 radical (unpaired) electrons. The van der Waals surface area contributed by atoms with Crippen LogP contribution in [0, 0.1) is 0 Å². The van der Waals surface area contributed by atoms with Crippen LogP contribution in [0.15, 0.2) is 23.1 Å². The molecule has 1 amide bonds. The minimum absolute atomic E-state index is 0.210. The number of pyridine rings is 1. The Bertz CT molecular complexity index is 475. The van der Waals surface area contributed by atoms with Crippen LogP contribution in [0.2, 0.25) is 0 Å². The summed E-state index contributed by atoms with van der Waals surface area (Å²) in [6.45, 7) is 3.68. The Labute approximate surface area is 106 Å². The number of aromatic nitrogens is 1. The van der Waals surface area contributed by atoms with E-state index < -0.39 is 0 Å². The highest BCUT2D eigenvalue weighted by Gasteiger charge is 2.13. The maximum absolute atomic E-state index is 11.8. The summed E-state index contributed by atoms with van der Waals surface area (Å²) < 4.78 is 1.41. The minimum Gasteiger partial charge on any atom is -0.351 e. The van der Waals surface area contributed by atoms with Crippen LogP contribution in [0.4, 0.5) is 0 Å². The van der Waals surface area contributed by atoms with Gasteiger partial charge in [0.2, 0.25) is 0 Å². The molecule has 98 valence electrons. The van der Waals surface area contributed by atoms with Gasteiger partial charge in [-0.2, -0.15) is 0 Å². The summed E-state index contributed by atoms with van der Waals surface area (Å²) in [6.07, 6.45) is 4.13. The topological polar surface area (TPSA) is 54.3 Å². The molecule has 0 aromatic carbocycles. The van der Waals surface area contributed by atoms with Crippen molar-refractivity contribution in [3.8, 4) is 0 Å². The fourth-order valence-electron chi connectivity index (χ4n) is 2.20. The van der Waals surface area contributed by atoms with Gasteiger partial charge >= 0.3 is 0 Å². The van der Waals surface area contributed by atoms with Gasteiger partial charge in [0, 0.05) is 26.3 Å². The Hall–Kier alpha value is -1.62. The first-order valence-electron chi connectivity index (χ1n) is 6.34. The number of nitrogens with zero attached hydrogens (tertiary/aromatic N) is 2. The first kappa shape index (κ1) is 12.8. The van der Waals surface area contributed by atoms with Crippen molar-refractivity contribution in [3.05, 3.63) is 34.2 Å². The fraction of sp³-hybridized carbons (Fsp3) is 0.538. The van der Waals surface area contributed by atoms with E-state index in [2.05, 4.69) is 10.2 Å². The molecule has 5 nitrogen and oxygen atoms in total. The average molecular weight is 249 g/mol. The third kappa shape index (κ3) is 2.98. The summed E-state index contributed by atoms with van der Waals surface area (Å²) in [5.74, 6) is -0.282. The summed E-state index contributed by atoms with van der Waals surface area (Å²) in [4.78, 5) is 25.9. The van der Waals surface area contributed by atoms with Crippen molar-refractivity contribution in [2.75, 3.05) is 26.2 Å². The van der Waals surface area contributed by atoms with Crippen LogP contribution in [-0.2, 0) is 7.05 Å². The van der Waals surface area contributed by atoms with E-state index in [0.717, 1.165) is 19.6 Å². The Morgan fingerprint density at radius 2 is 2.11 bits per heavy atom. The molecule has 1 N–H and O–H groups in total. The van der Waals surface area contributed by atoms with Gasteiger partial charge in [0.05, 0.1) is 0 Å². The van der Waals surface area contributed by atoms with Crippen LogP contribution in [0.3, 0.4) is 0 Å². The number of carbonyl (C=O) groups is 1. The van der Waals surface area contributed by atoms with E-state index in [4.69, 9.17) is 0 Å². The number of rotatable bonds is 4. The molecule has 18 heavy (non-hydrogen) atoms. The molecule has 2 rings (SSSR count). The van der Waals surface area contributed by atoms with Crippen LogP contribution in [0.1, 0.15) is 23.2 Å². The zero-order valence-electron chi connectivity index (χ0n) is 10.7. The van der Waals surface area contributed by atoms with Gasteiger partial charge in [-0.05, 0) is 38.1 Å². The third-order valence-electron chi connectivity index (χ3n) is 3.28. The highest BCUT2D eigenvalue weighted by Crippen LogP contribution is 2.05. The molecule has 0 atom stereocenters. The lowest BCUT2D eigenvalue weighted by atomic mass is 10.2. The molecule has 0 spiro atoms. The second-order valence-electron chi connectivity index (χ2n) is 4.64. The van der Waals surface area contributed by atoms with Gasteiger partial charge in [0.15, 0.2) is 0 Å². The SMILES string of the molecule is Cn1cccc(C(=O)NCCN2CCCC2)c1=O. The van der Waals surface area contributed by atoms with E-state index in [-0.39, 0.29) is 17.0 Å². The number of hydrogen-bond donors (Lipinski definition) is 1. The number of amides is 1. The van der Waals surface area contributed by atoms with Gasteiger partial charge in [0.25, 0.3) is 11.5 Å². The van der Waals surface area contributed by atoms with Gasteiger partial charge in [-0.3, -0.25) is 9.59 Å². The van der Waals surface area contributed by atoms with Gasteiger partial charge in [0.1, 0.15) is 5.56 Å². The van der Waals surface area contributed by atoms with E-state index in [1.807, 2.05) is 0 Å². The smallest absolute Gasteiger partial charge is 0.263 e. The molecule has 0 saturated carbocycles. The molecule has 0 aliphatic carbocycles. The lowest BCUT2D eigenvalue weighted by Gasteiger charge is -2.14. The highest BCUT2D eigenvalue weighted by atomic mass is 16.2. The molecule has 1 aromatic heterocycles. The molecular formula is C13H19N3O2. The van der Waals surface area contributed by atoms with E-state index in [9.17, 15) is 9.59 Å². The number of aryl methyl sites for hydroxylation is 1. The normalized spacial score (nSPS) is 15.8. The van der Waals surface area contributed by atoms with Crippen molar-refractivity contribution in [3.63, 3.8) is 0 Å². The Morgan fingerprint density at radius 1 is 1.39 bits per heavy atom. The fourth-order valence-corrected chi connectivity index (χ4v) is 2.20. The zero-order valence-corrected chi connectivity index (χ0v) is 10.7. The molecule has 5 heteroatoms. The van der Waals surface area contributed by atoms with Gasteiger partial charge in [-0.1, -0.05) is 0 Å². The first-order valence-corrected chi connectivity index (χ1v) is 6.34. The second kappa shape index (κ2) is 5.82. The van der Waals surface area contributed by atoms with Gasteiger partial charge in [-0.15, -0.1) is 0 Å². The van der Waals surface area contributed by atoms with Crippen LogP contribution in [0.5, 0.6) is 0 Å². The largest absolute Gasteiger partial charge is 0.351 e. The van der Waals surface area contributed by atoms with Crippen molar-refractivity contribution in [1.29, 1.82) is 0 Å². The van der Waals surface area contributed by atoms with Gasteiger partial charge in [-0.25, -0.2) is 0 Å². The lowest BCUT2D eigenvalue weighted by molar-refractivity contribution is 0.0947. The Kier molecular flexibility index (Phi) is 4.15. The first-order chi connectivity index (χ1) is 8.68. The number of nitrogens with one attached hydrogen (secondary N) is 1. The summed E-state index contributed by atoms with van der Waals surface area (Å²) in [6, 6.07) is 3.27. The predicted molar refractivity (Wildman–Crippen MR) is 69.7 cm³/mol. The van der Waals surface area contributed by atoms with Gasteiger partial charge < -0.3 is 14.8 Å². The minimum atomic E-state index is -0.282. The molecule has 1 aliphatic heterocycles. The molecule has 0 bridgehead atoms. The standard InChI is InChI=1S/C13H19N3O2/c1-15-7-4-5-11(13(15)18)12(17)14-6-10-16-8-2-3-9-16/h4-5,7H,2-3,6,8-10H2,1H3,(H,14,17). The maximum atomic E-state index is 11.8. The monoisotopic (exact) mass is 249 g/mol. The number of carbonyl (C=O) groups excluding carboxylic acids is 1. The Morgan fingerprint density at radius 3 is 2.83 bits per heavy atom. The van der Waals surface area contributed by atoms with E-state index in [1.165, 1.54) is 17.4 Å². The van der Waals surface area contributed by atoms with Crippen molar-refractivity contribution in [1.82, 2.24) is 14.8 Å². The number of hydrogen-bond acceptors (Lipinski definition) is 3. The molecule has 0 unspecified atom stereocenters. The van der Waals surface area contributed by atoms with Crippen molar-refractivity contribution < 1.29 is 4.79 Å². The summed E-state index contributed by atoms with van der Waals surface area (Å²) >= 11 is 0. The van der Waals surface area contributed by atoms with Crippen molar-refractivity contribution >= 4 is 5.91 Å². The lowest BCUT2D eigenvalue weighted by Crippen LogP contribution is -2.36. The van der Waals surface area contributed by atoms with Crippen molar-refractivity contribution in [2.45, 2.75) is 12.8 Å². The van der Waals surface area contributed by atoms with E-state index in [1.54, 1.807) is 25.4 Å². The highest BCUT2D eigenvalue weighted by molar-refractivity contribution is 5.93. The van der Waals surface area contributed by atoms with Crippen LogP contribution < -0.4 is 10.9 Å². The maximum Gasteiger partial charge on any atom is 0.263 e. The van der Waals surface area contributed by atoms with E-state index >= 15 is 0 Å². The van der Waals surface area contributed by atoms with Crippen LogP contribution in [-0.4, -0.2) is 41.6 Å². The summed E-state index contributed by atoms with van der Waals surface area (Å²) in [5, 5.41) is 2.80. The quantitative estimate of drug-likeness (QED) is 0.830. The molecule has 1 fully saturated rings. The Balaban J connectivity index is 1.87. The van der Waals surface area contributed by atoms with E-state index in [0.29, 0.717) is 6.54 Å². The molecule has 2 heterocycles.